The molecule has 3 heterocycles. The maximum absolute atomic E-state index is 13.0. The molecule has 7 nitrogen and oxygen atoms in total. The molecule has 0 saturated carbocycles. The number of likely N-dealkylation sites (tertiary alicyclic amines) is 1. The molecule has 0 unspecified atom stereocenters. The van der Waals surface area contributed by atoms with Crippen LogP contribution in [0.15, 0.2) is 18.6 Å². The normalized spacial score (nSPS) is 15.6. The van der Waals surface area contributed by atoms with Crippen molar-refractivity contribution in [2.45, 2.75) is 32.2 Å². The largest absolute Gasteiger partial charge is 0.367 e. The van der Waals surface area contributed by atoms with Crippen LogP contribution in [0.2, 0.25) is 0 Å². The standard InChI is InChI=1S/C16H20F2N6O/c1-10-7-13(20-9-19-10)21-11-3-5-24(6-4-11)16(25)12-8-23(2)22-14(12)15(17)18/h7-9,11,15H,3-6H2,1-2H3,(H,19,20,21). The predicted molar refractivity (Wildman–Crippen MR) is 87.5 cm³/mol. The third-order valence-electron chi connectivity index (χ3n) is 4.23. The van der Waals surface area contributed by atoms with Crippen molar-refractivity contribution in [2.75, 3.05) is 18.4 Å². The molecule has 9 heteroatoms. The molecule has 1 aliphatic heterocycles. The second kappa shape index (κ2) is 7.12. The van der Waals surface area contributed by atoms with Crippen LogP contribution in [0.1, 0.15) is 41.0 Å². The molecule has 1 saturated heterocycles. The number of halogens is 2. The van der Waals surface area contributed by atoms with Crippen molar-refractivity contribution in [2.24, 2.45) is 7.05 Å². The third-order valence-corrected chi connectivity index (χ3v) is 4.23. The maximum atomic E-state index is 13.0. The Labute approximate surface area is 144 Å². The van der Waals surface area contributed by atoms with Gasteiger partial charge in [0.05, 0.1) is 5.56 Å². The number of nitrogens with zero attached hydrogens (tertiary/aromatic N) is 5. The first-order chi connectivity index (χ1) is 11.9. The van der Waals surface area contributed by atoms with Gasteiger partial charge in [0.25, 0.3) is 12.3 Å². The second-order valence-corrected chi connectivity index (χ2v) is 6.16. The molecule has 0 bridgehead atoms. The number of rotatable bonds is 4. The average molecular weight is 350 g/mol. The van der Waals surface area contributed by atoms with E-state index in [-0.39, 0.29) is 17.5 Å². The average Bonchev–Trinajstić information content (AvgIpc) is 2.97. The van der Waals surface area contributed by atoms with Crippen LogP contribution in [-0.4, -0.2) is 49.7 Å². The Kier molecular flexibility index (Phi) is 4.91. The van der Waals surface area contributed by atoms with Gasteiger partial charge in [-0.3, -0.25) is 9.48 Å². The van der Waals surface area contributed by atoms with Crippen LogP contribution in [0.5, 0.6) is 0 Å². The Bertz CT molecular complexity index is 755. The number of carbonyl (C=O) groups excluding carboxylic acids is 1. The van der Waals surface area contributed by atoms with Crippen molar-refractivity contribution >= 4 is 11.7 Å². The molecule has 2 aromatic rings. The van der Waals surface area contributed by atoms with Gasteiger partial charge < -0.3 is 10.2 Å². The lowest BCUT2D eigenvalue weighted by Gasteiger charge is -2.32. The van der Waals surface area contributed by atoms with Gasteiger partial charge in [-0.25, -0.2) is 18.7 Å². The second-order valence-electron chi connectivity index (χ2n) is 6.16. The van der Waals surface area contributed by atoms with Crippen LogP contribution in [0.4, 0.5) is 14.6 Å². The number of hydrogen-bond donors (Lipinski definition) is 1. The van der Waals surface area contributed by atoms with Crippen molar-refractivity contribution in [3.05, 3.63) is 35.5 Å². The van der Waals surface area contributed by atoms with Crippen LogP contribution in [-0.2, 0) is 7.05 Å². The molecule has 0 atom stereocenters. The molecule has 25 heavy (non-hydrogen) atoms. The van der Waals surface area contributed by atoms with E-state index in [1.54, 1.807) is 4.90 Å². The highest BCUT2D eigenvalue weighted by Gasteiger charge is 2.29. The first-order valence-corrected chi connectivity index (χ1v) is 8.10. The zero-order chi connectivity index (χ0) is 18.0. The fourth-order valence-electron chi connectivity index (χ4n) is 2.97. The molecule has 0 spiro atoms. The number of aromatic nitrogens is 4. The monoisotopic (exact) mass is 350 g/mol. The van der Waals surface area contributed by atoms with Crippen LogP contribution in [0.3, 0.4) is 0 Å². The zero-order valence-electron chi connectivity index (χ0n) is 14.1. The van der Waals surface area contributed by atoms with Gasteiger partial charge in [-0.05, 0) is 19.8 Å². The highest BCUT2D eigenvalue weighted by molar-refractivity contribution is 5.95. The van der Waals surface area contributed by atoms with Gasteiger partial charge >= 0.3 is 0 Å². The molecular weight excluding hydrogens is 330 g/mol. The van der Waals surface area contributed by atoms with Gasteiger partial charge in [0, 0.05) is 44.1 Å². The molecule has 1 fully saturated rings. The van der Waals surface area contributed by atoms with E-state index in [0.717, 1.165) is 24.4 Å². The number of amides is 1. The summed E-state index contributed by atoms with van der Waals surface area (Å²) in [5.74, 6) is 0.365. The quantitative estimate of drug-likeness (QED) is 0.915. The van der Waals surface area contributed by atoms with E-state index in [9.17, 15) is 13.6 Å². The predicted octanol–water partition coefficient (Wildman–Crippen LogP) is 2.17. The van der Waals surface area contributed by atoms with Crippen LogP contribution < -0.4 is 5.32 Å². The molecule has 0 radical (unpaired) electrons. The minimum absolute atomic E-state index is 0.0182. The van der Waals surface area contributed by atoms with E-state index >= 15 is 0 Å². The topological polar surface area (TPSA) is 75.9 Å². The van der Waals surface area contributed by atoms with Gasteiger partial charge in [0.2, 0.25) is 0 Å². The van der Waals surface area contributed by atoms with Gasteiger partial charge in [-0.2, -0.15) is 5.10 Å². The van der Waals surface area contributed by atoms with E-state index in [2.05, 4.69) is 20.4 Å². The lowest BCUT2D eigenvalue weighted by molar-refractivity contribution is 0.0706. The Balaban J connectivity index is 1.61. The van der Waals surface area contributed by atoms with Crippen molar-refractivity contribution in [3.8, 4) is 0 Å². The van der Waals surface area contributed by atoms with Gasteiger partial charge in [-0.1, -0.05) is 0 Å². The molecule has 1 N–H and O–H groups in total. The molecule has 3 rings (SSSR count). The molecule has 0 aromatic carbocycles. The van der Waals surface area contributed by atoms with Gasteiger partial charge in [0.1, 0.15) is 17.8 Å². The fraction of sp³-hybridized carbons (Fsp3) is 0.500. The van der Waals surface area contributed by atoms with Crippen LogP contribution in [0, 0.1) is 6.92 Å². The van der Waals surface area contributed by atoms with Crippen molar-refractivity contribution in [1.29, 1.82) is 0 Å². The number of carbonyl (C=O) groups is 1. The number of aryl methyl sites for hydroxylation is 2. The van der Waals surface area contributed by atoms with E-state index in [1.165, 1.54) is 24.3 Å². The zero-order valence-corrected chi connectivity index (χ0v) is 14.1. The summed E-state index contributed by atoms with van der Waals surface area (Å²) in [6.07, 6.45) is 1.54. The number of alkyl halides is 2. The van der Waals surface area contributed by atoms with Gasteiger partial charge in [0.15, 0.2) is 0 Å². The molecule has 2 aromatic heterocycles. The summed E-state index contributed by atoms with van der Waals surface area (Å²) in [5.41, 5.74) is 0.403. The Morgan fingerprint density at radius 2 is 2.04 bits per heavy atom. The van der Waals surface area contributed by atoms with E-state index < -0.39 is 12.1 Å². The summed E-state index contributed by atoms with van der Waals surface area (Å²) in [4.78, 5) is 22.4. The van der Waals surface area contributed by atoms with E-state index in [1.807, 2.05) is 13.0 Å². The fourth-order valence-corrected chi connectivity index (χ4v) is 2.97. The number of hydrogen-bond acceptors (Lipinski definition) is 5. The Hall–Kier alpha value is -2.58. The molecular formula is C16H20F2N6O. The van der Waals surface area contributed by atoms with Gasteiger partial charge in [-0.15, -0.1) is 0 Å². The minimum atomic E-state index is -2.76. The summed E-state index contributed by atoms with van der Waals surface area (Å²) in [6, 6.07) is 2.05. The summed E-state index contributed by atoms with van der Waals surface area (Å²) in [5, 5.41) is 7.03. The van der Waals surface area contributed by atoms with Crippen molar-refractivity contribution < 1.29 is 13.6 Å². The number of piperidine rings is 1. The summed E-state index contributed by atoms with van der Waals surface area (Å²) >= 11 is 0. The van der Waals surface area contributed by atoms with Crippen molar-refractivity contribution in [3.63, 3.8) is 0 Å². The molecule has 1 aliphatic rings. The summed E-state index contributed by atoms with van der Waals surface area (Å²) in [6.45, 7) is 2.89. The Morgan fingerprint density at radius 1 is 1.32 bits per heavy atom. The highest BCUT2D eigenvalue weighted by Crippen LogP contribution is 2.24. The van der Waals surface area contributed by atoms with Crippen molar-refractivity contribution in [1.82, 2.24) is 24.6 Å². The third kappa shape index (κ3) is 3.92. The Morgan fingerprint density at radius 3 is 2.68 bits per heavy atom. The maximum Gasteiger partial charge on any atom is 0.282 e. The molecule has 134 valence electrons. The van der Waals surface area contributed by atoms with E-state index in [0.29, 0.717) is 13.1 Å². The first kappa shape index (κ1) is 17.2. The summed E-state index contributed by atoms with van der Waals surface area (Å²) in [7, 11) is 1.53. The number of anilines is 1. The smallest absolute Gasteiger partial charge is 0.282 e. The van der Waals surface area contributed by atoms with E-state index in [4.69, 9.17) is 0 Å². The molecule has 1 amide bonds. The minimum Gasteiger partial charge on any atom is -0.367 e. The first-order valence-electron chi connectivity index (χ1n) is 8.10. The number of nitrogens with one attached hydrogen (secondary N) is 1. The molecule has 0 aliphatic carbocycles. The highest BCUT2D eigenvalue weighted by atomic mass is 19.3. The summed E-state index contributed by atoms with van der Waals surface area (Å²) < 4.78 is 27.3. The van der Waals surface area contributed by atoms with Crippen LogP contribution in [0.25, 0.3) is 0 Å². The van der Waals surface area contributed by atoms with Crippen LogP contribution >= 0.6 is 0 Å². The lowest BCUT2D eigenvalue weighted by Crippen LogP contribution is -2.42. The SMILES string of the molecule is Cc1cc(NC2CCN(C(=O)c3cn(C)nc3C(F)F)CC2)ncn1. The lowest BCUT2D eigenvalue weighted by atomic mass is 10.0.